The Hall–Kier alpha value is 0. The minimum atomic E-state index is 1.04. The van der Waals surface area contributed by atoms with Gasteiger partial charge in [0.25, 0.3) is 0 Å². The fourth-order valence-electron chi connectivity index (χ4n) is 5.25. The molecule has 0 aliphatic heterocycles. The zero-order valence-electron chi connectivity index (χ0n) is 10.4. The highest BCUT2D eigenvalue weighted by Gasteiger charge is 2.49. The smallest absolute Gasteiger partial charge is 0.0326 e. The Bertz CT molecular complexity index is 230. The van der Waals surface area contributed by atoms with Crippen LogP contribution in [0.4, 0.5) is 0 Å². The predicted octanol–water partition coefficient (Wildman–Crippen LogP) is 4.49. The molecule has 0 spiro atoms. The first kappa shape index (κ1) is 10.2. The fraction of sp³-hybridized carbons (Fsp3) is 1.00. The highest BCUT2D eigenvalue weighted by Crippen LogP contribution is 2.57. The van der Waals surface area contributed by atoms with Crippen molar-refractivity contribution in [3.63, 3.8) is 0 Å². The van der Waals surface area contributed by atoms with Crippen LogP contribution in [0.15, 0.2) is 0 Å². The van der Waals surface area contributed by atoms with Crippen LogP contribution in [0.3, 0.4) is 0 Å². The molecule has 0 bridgehead atoms. The van der Waals surface area contributed by atoms with Crippen molar-refractivity contribution >= 4 is 0 Å². The van der Waals surface area contributed by atoms with Crippen LogP contribution < -0.4 is 0 Å². The van der Waals surface area contributed by atoms with E-state index in [1.165, 1.54) is 25.7 Å². The van der Waals surface area contributed by atoms with E-state index in [1.807, 2.05) is 0 Å². The summed E-state index contributed by atoms with van der Waals surface area (Å²) in [6.45, 7) is 5.07. The molecule has 3 saturated carbocycles. The summed E-state index contributed by atoms with van der Waals surface area (Å²) in [6.07, 6.45) is 10.8. The number of rotatable bonds is 0. The Labute approximate surface area is 94.8 Å². The molecule has 86 valence electrons. The summed E-state index contributed by atoms with van der Waals surface area (Å²) in [5.41, 5.74) is 0. The minimum absolute atomic E-state index is 1.04. The Morgan fingerprint density at radius 3 is 2.33 bits per heavy atom. The number of hydrogen-bond acceptors (Lipinski definition) is 0. The normalized spacial score (nSPS) is 54.8. The van der Waals surface area contributed by atoms with Crippen LogP contribution in [0.25, 0.3) is 0 Å². The minimum Gasteiger partial charge on any atom is -0.0622 e. The van der Waals surface area contributed by atoms with Crippen LogP contribution in [0.5, 0.6) is 0 Å². The average molecular weight is 206 g/mol. The van der Waals surface area contributed by atoms with E-state index in [9.17, 15) is 0 Å². The molecule has 0 N–H and O–H groups in total. The summed E-state index contributed by atoms with van der Waals surface area (Å²) in [7, 11) is 0. The standard InChI is InChI=1S/C15H26/c1-10-7-8-11(2)15-13-6-4-3-5-12(13)9-14(10)15/h10-15H,3-9H2,1-2H3. The molecule has 6 atom stereocenters. The second-order valence-corrected chi connectivity index (χ2v) is 6.72. The number of fused-ring (bicyclic) bond motifs is 3. The van der Waals surface area contributed by atoms with Crippen LogP contribution in [0.2, 0.25) is 0 Å². The van der Waals surface area contributed by atoms with Gasteiger partial charge < -0.3 is 0 Å². The first-order chi connectivity index (χ1) is 7.27. The summed E-state index contributed by atoms with van der Waals surface area (Å²) in [5.74, 6) is 6.59. The molecule has 0 aromatic heterocycles. The average Bonchev–Trinajstić information content (AvgIpc) is 2.64. The Kier molecular flexibility index (Phi) is 2.57. The lowest BCUT2D eigenvalue weighted by Gasteiger charge is -2.40. The van der Waals surface area contributed by atoms with Gasteiger partial charge in [-0.1, -0.05) is 46.0 Å². The molecule has 0 heterocycles. The van der Waals surface area contributed by atoms with Crippen LogP contribution in [-0.4, -0.2) is 0 Å². The lowest BCUT2D eigenvalue weighted by atomic mass is 9.65. The zero-order valence-corrected chi connectivity index (χ0v) is 10.4. The van der Waals surface area contributed by atoms with Crippen molar-refractivity contribution in [2.24, 2.45) is 35.5 Å². The summed E-state index contributed by atoms with van der Waals surface area (Å²) < 4.78 is 0. The van der Waals surface area contributed by atoms with E-state index in [0.717, 1.165) is 35.5 Å². The van der Waals surface area contributed by atoms with Gasteiger partial charge in [0.1, 0.15) is 0 Å². The first-order valence-corrected chi connectivity index (χ1v) is 7.27. The van der Waals surface area contributed by atoms with Crippen LogP contribution in [-0.2, 0) is 0 Å². The lowest BCUT2D eigenvalue weighted by Crippen LogP contribution is -2.32. The third kappa shape index (κ3) is 1.56. The van der Waals surface area contributed by atoms with Crippen LogP contribution in [0, 0.1) is 35.5 Å². The van der Waals surface area contributed by atoms with Gasteiger partial charge in [-0.2, -0.15) is 0 Å². The maximum Gasteiger partial charge on any atom is -0.0326 e. The van der Waals surface area contributed by atoms with E-state index in [2.05, 4.69) is 13.8 Å². The molecule has 0 aromatic rings. The van der Waals surface area contributed by atoms with Crippen molar-refractivity contribution in [2.75, 3.05) is 0 Å². The summed E-state index contributed by atoms with van der Waals surface area (Å²) >= 11 is 0. The second-order valence-electron chi connectivity index (χ2n) is 6.72. The molecule has 0 radical (unpaired) electrons. The predicted molar refractivity (Wildman–Crippen MR) is 64.6 cm³/mol. The fourth-order valence-corrected chi connectivity index (χ4v) is 5.25. The molecule has 15 heavy (non-hydrogen) atoms. The second kappa shape index (κ2) is 3.79. The molecule has 3 aliphatic carbocycles. The van der Waals surface area contributed by atoms with E-state index in [4.69, 9.17) is 0 Å². The van der Waals surface area contributed by atoms with Crippen molar-refractivity contribution in [2.45, 2.75) is 58.8 Å². The molecular formula is C15H26. The highest BCUT2D eigenvalue weighted by atomic mass is 14.5. The summed E-state index contributed by atoms with van der Waals surface area (Å²) in [4.78, 5) is 0. The van der Waals surface area contributed by atoms with Crippen molar-refractivity contribution in [1.29, 1.82) is 0 Å². The van der Waals surface area contributed by atoms with Gasteiger partial charge in [-0.05, 0) is 48.3 Å². The van der Waals surface area contributed by atoms with Gasteiger partial charge in [0.15, 0.2) is 0 Å². The van der Waals surface area contributed by atoms with Gasteiger partial charge in [-0.25, -0.2) is 0 Å². The zero-order chi connectivity index (χ0) is 10.4. The monoisotopic (exact) mass is 206 g/mol. The van der Waals surface area contributed by atoms with Gasteiger partial charge in [0.2, 0.25) is 0 Å². The molecule has 0 nitrogen and oxygen atoms in total. The van der Waals surface area contributed by atoms with Crippen LogP contribution >= 0.6 is 0 Å². The highest BCUT2D eigenvalue weighted by molar-refractivity contribution is 4.98. The van der Waals surface area contributed by atoms with Gasteiger partial charge in [-0.15, -0.1) is 0 Å². The topological polar surface area (TPSA) is 0 Å². The molecule has 3 fully saturated rings. The van der Waals surface area contributed by atoms with E-state index < -0.39 is 0 Å². The van der Waals surface area contributed by atoms with Gasteiger partial charge in [0, 0.05) is 0 Å². The maximum absolute atomic E-state index is 2.54. The first-order valence-electron chi connectivity index (χ1n) is 7.27. The van der Waals surface area contributed by atoms with Crippen molar-refractivity contribution < 1.29 is 0 Å². The van der Waals surface area contributed by atoms with Gasteiger partial charge in [0.05, 0.1) is 0 Å². The quantitative estimate of drug-likeness (QED) is 0.547. The van der Waals surface area contributed by atoms with Crippen molar-refractivity contribution in [1.82, 2.24) is 0 Å². The van der Waals surface area contributed by atoms with E-state index >= 15 is 0 Å². The summed E-state index contributed by atoms with van der Waals surface area (Å²) in [5, 5.41) is 0. The van der Waals surface area contributed by atoms with Gasteiger partial charge >= 0.3 is 0 Å². The third-order valence-electron chi connectivity index (χ3n) is 6.00. The maximum atomic E-state index is 2.54. The molecule has 0 saturated heterocycles. The largest absolute Gasteiger partial charge is 0.0622 e. The molecule has 0 heteroatoms. The Morgan fingerprint density at radius 1 is 0.733 bits per heavy atom. The SMILES string of the molecule is CC1CCC(C)C2C1CC1CCCCC12. The van der Waals surface area contributed by atoms with Crippen LogP contribution in [0.1, 0.15) is 58.8 Å². The van der Waals surface area contributed by atoms with Crippen molar-refractivity contribution in [3.8, 4) is 0 Å². The van der Waals surface area contributed by atoms with E-state index in [1.54, 1.807) is 19.3 Å². The third-order valence-corrected chi connectivity index (χ3v) is 6.00. The molecule has 0 aromatic carbocycles. The molecule has 3 rings (SSSR count). The molecule has 6 unspecified atom stereocenters. The molecule has 0 amide bonds. The molecule has 3 aliphatic rings. The Balaban J connectivity index is 1.83. The van der Waals surface area contributed by atoms with E-state index in [0.29, 0.717) is 0 Å². The Morgan fingerprint density at radius 2 is 1.47 bits per heavy atom. The van der Waals surface area contributed by atoms with Crippen molar-refractivity contribution in [3.05, 3.63) is 0 Å². The molecular weight excluding hydrogens is 180 g/mol. The van der Waals surface area contributed by atoms with Gasteiger partial charge in [-0.3, -0.25) is 0 Å². The van der Waals surface area contributed by atoms with E-state index in [-0.39, 0.29) is 0 Å². The lowest BCUT2D eigenvalue weighted by molar-refractivity contribution is 0.0927. The summed E-state index contributed by atoms with van der Waals surface area (Å²) in [6, 6.07) is 0. The number of hydrogen-bond donors (Lipinski definition) is 0.